The zero-order valence-corrected chi connectivity index (χ0v) is 16.3. The first-order valence-electron chi connectivity index (χ1n) is 10.1. The number of nitrogens with zero attached hydrogens (tertiary/aromatic N) is 1. The van der Waals surface area contributed by atoms with Crippen LogP contribution in [0.1, 0.15) is 44.2 Å². The van der Waals surface area contributed by atoms with Crippen molar-refractivity contribution in [3.63, 3.8) is 0 Å². The van der Waals surface area contributed by atoms with Gasteiger partial charge in [0.1, 0.15) is 12.4 Å². The van der Waals surface area contributed by atoms with Crippen LogP contribution in [0.5, 0.6) is 5.75 Å². The summed E-state index contributed by atoms with van der Waals surface area (Å²) in [5, 5.41) is 0. The van der Waals surface area contributed by atoms with Crippen LogP contribution in [0.25, 0.3) is 0 Å². The Labute approximate surface area is 159 Å². The van der Waals surface area contributed by atoms with Gasteiger partial charge in [-0.2, -0.15) is 0 Å². The highest BCUT2D eigenvalue weighted by Crippen LogP contribution is 2.28. The van der Waals surface area contributed by atoms with Crippen LogP contribution in [0.4, 0.5) is 0 Å². The summed E-state index contributed by atoms with van der Waals surface area (Å²) in [6, 6.07) is 19.4. The average Bonchev–Trinajstić information content (AvgIpc) is 2.68. The molecular formula is C24H32NO. The van der Waals surface area contributed by atoms with Crippen LogP contribution in [0.3, 0.4) is 0 Å². The van der Waals surface area contributed by atoms with Gasteiger partial charge in [0.2, 0.25) is 0 Å². The third kappa shape index (κ3) is 5.60. The van der Waals surface area contributed by atoms with Gasteiger partial charge in [0.25, 0.3) is 0 Å². The average molecular weight is 351 g/mol. The zero-order valence-electron chi connectivity index (χ0n) is 16.3. The van der Waals surface area contributed by atoms with E-state index in [1.54, 1.807) is 0 Å². The van der Waals surface area contributed by atoms with Gasteiger partial charge in [0, 0.05) is 12.5 Å². The monoisotopic (exact) mass is 350 g/mol. The normalized spacial score (nSPS) is 15.5. The van der Waals surface area contributed by atoms with E-state index in [9.17, 15) is 0 Å². The Morgan fingerprint density at radius 3 is 2.27 bits per heavy atom. The molecule has 1 aliphatic rings. The van der Waals surface area contributed by atoms with Crippen LogP contribution < -0.4 is 4.74 Å². The molecule has 26 heavy (non-hydrogen) atoms. The molecule has 1 heterocycles. The Morgan fingerprint density at radius 1 is 0.923 bits per heavy atom. The first-order chi connectivity index (χ1) is 12.7. The Morgan fingerprint density at radius 2 is 1.62 bits per heavy atom. The van der Waals surface area contributed by atoms with Gasteiger partial charge in [0.15, 0.2) is 0 Å². The molecule has 139 valence electrons. The van der Waals surface area contributed by atoms with Crippen LogP contribution in [0, 0.1) is 11.8 Å². The second-order valence-electron chi connectivity index (χ2n) is 7.62. The Hall–Kier alpha value is -1.80. The molecular weight excluding hydrogens is 318 g/mol. The van der Waals surface area contributed by atoms with Crippen LogP contribution in [0.15, 0.2) is 54.6 Å². The van der Waals surface area contributed by atoms with Crippen molar-refractivity contribution in [3.8, 4) is 5.75 Å². The molecule has 0 saturated carbocycles. The Kier molecular flexibility index (Phi) is 7.13. The van der Waals surface area contributed by atoms with E-state index in [4.69, 9.17) is 4.74 Å². The van der Waals surface area contributed by atoms with E-state index in [-0.39, 0.29) is 0 Å². The SMILES string of the molecule is CC(C)[C](Cc1ccccc1)c1ccc(OCCN2CCCCC2)cc1. The van der Waals surface area contributed by atoms with Crippen LogP contribution in [-0.2, 0) is 6.42 Å². The van der Waals surface area contributed by atoms with Crippen molar-refractivity contribution in [1.29, 1.82) is 0 Å². The lowest BCUT2D eigenvalue weighted by Crippen LogP contribution is -2.33. The van der Waals surface area contributed by atoms with E-state index in [0.717, 1.165) is 25.3 Å². The highest BCUT2D eigenvalue weighted by Gasteiger charge is 2.17. The summed E-state index contributed by atoms with van der Waals surface area (Å²) < 4.78 is 5.97. The largest absolute Gasteiger partial charge is 0.492 e. The molecule has 2 heteroatoms. The summed E-state index contributed by atoms with van der Waals surface area (Å²) >= 11 is 0. The van der Waals surface area contributed by atoms with Gasteiger partial charge < -0.3 is 4.74 Å². The number of likely N-dealkylation sites (tertiary alicyclic amines) is 1. The lowest BCUT2D eigenvalue weighted by molar-refractivity contribution is 0.183. The third-order valence-electron chi connectivity index (χ3n) is 5.28. The Balaban J connectivity index is 1.54. The molecule has 2 nitrogen and oxygen atoms in total. The van der Waals surface area contributed by atoms with Crippen LogP contribution in [-0.4, -0.2) is 31.1 Å². The molecule has 2 aromatic rings. The van der Waals surface area contributed by atoms with Gasteiger partial charge in [-0.15, -0.1) is 0 Å². The second kappa shape index (κ2) is 9.78. The van der Waals surface area contributed by atoms with E-state index in [1.807, 2.05) is 0 Å². The zero-order chi connectivity index (χ0) is 18.2. The molecule has 0 amide bonds. The summed E-state index contributed by atoms with van der Waals surface area (Å²) in [5.41, 5.74) is 2.70. The molecule has 0 bridgehead atoms. The maximum atomic E-state index is 5.97. The highest BCUT2D eigenvalue weighted by molar-refractivity contribution is 5.39. The summed E-state index contributed by atoms with van der Waals surface area (Å²) in [6.07, 6.45) is 5.07. The van der Waals surface area contributed by atoms with Crippen molar-refractivity contribution in [1.82, 2.24) is 4.90 Å². The maximum Gasteiger partial charge on any atom is 0.119 e. The lowest BCUT2D eigenvalue weighted by atomic mass is 9.83. The molecule has 1 saturated heterocycles. The number of hydrogen-bond donors (Lipinski definition) is 0. The van der Waals surface area contributed by atoms with Gasteiger partial charge in [-0.25, -0.2) is 0 Å². The molecule has 0 N–H and O–H groups in total. The lowest BCUT2D eigenvalue weighted by Gasteiger charge is -2.26. The Bertz CT molecular complexity index is 629. The topological polar surface area (TPSA) is 12.5 Å². The van der Waals surface area contributed by atoms with E-state index >= 15 is 0 Å². The minimum Gasteiger partial charge on any atom is -0.492 e. The predicted molar refractivity (Wildman–Crippen MR) is 110 cm³/mol. The van der Waals surface area contributed by atoms with E-state index in [0.29, 0.717) is 5.92 Å². The van der Waals surface area contributed by atoms with E-state index < -0.39 is 0 Å². The van der Waals surface area contributed by atoms with Crippen molar-refractivity contribution >= 4 is 0 Å². The van der Waals surface area contributed by atoms with Gasteiger partial charge in [-0.1, -0.05) is 62.7 Å². The second-order valence-corrected chi connectivity index (χ2v) is 7.62. The summed E-state index contributed by atoms with van der Waals surface area (Å²) in [6.45, 7) is 8.84. The van der Waals surface area contributed by atoms with Gasteiger partial charge >= 0.3 is 0 Å². The van der Waals surface area contributed by atoms with Crippen molar-refractivity contribution in [2.24, 2.45) is 5.92 Å². The molecule has 0 spiro atoms. The van der Waals surface area contributed by atoms with Crippen molar-refractivity contribution < 1.29 is 4.74 Å². The predicted octanol–water partition coefficient (Wildman–Crippen LogP) is 5.37. The minimum atomic E-state index is 0.529. The third-order valence-corrected chi connectivity index (χ3v) is 5.28. The fourth-order valence-electron chi connectivity index (χ4n) is 3.70. The summed E-state index contributed by atoms with van der Waals surface area (Å²) in [7, 11) is 0. The van der Waals surface area contributed by atoms with Gasteiger partial charge in [0.05, 0.1) is 0 Å². The van der Waals surface area contributed by atoms with E-state index in [1.165, 1.54) is 49.4 Å². The fourth-order valence-corrected chi connectivity index (χ4v) is 3.70. The number of hydrogen-bond acceptors (Lipinski definition) is 2. The van der Waals surface area contributed by atoms with Crippen molar-refractivity contribution in [2.45, 2.75) is 39.5 Å². The maximum absolute atomic E-state index is 5.97. The van der Waals surface area contributed by atoms with E-state index in [2.05, 4.69) is 73.3 Å². The standard InChI is InChI=1S/C24H32NO/c1-20(2)24(19-21-9-5-3-6-10-21)22-11-13-23(14-12-22)26-18-17-25-15-7-4-8-16-25/h3,5-6,9-14,20H,4,7-8,15-19H2,1-2H3. The highest BCUT2D eigenvalue weighted by atomic mass is 16.5. The summed E-state index contributed by atoms with van der Waals surface area (Å²) in [4.78, 5) is 2.52. The van der Waals surface area contributed by atoms with Crippen LogP contribution >= 0.6 is 0 Å². The quantitative estimate of drug-likeness (QED) is 0.634. The molecule has 0 atom stereocenters. The molecule has 1 radical (unpaired) electrons. The molecule has 1 aliphatic heterocycles. The molecule has 0 unspecified atom stereocenters. The van der Waals surface area contributed by atoms with Crippen molar-refractivity contribution in [3.05, 3.63) is 71.6 Å². The molecule has 1 fully saturated rings. The molecule has 0 aliphatic carbocycles. The summed E-state index contributed by atoms with van der Waals surface area (Å²) in [5.74, 6) is 2.99. The molecule has 3 rings (SSSR count). The van der Waals surface area contributed by atoms with Gasteiger partial charge in [-0.3, -0.25) is 4.90 Å². The van der Waals surface area contributed by atoms with Crippen LogP contribution in [0.2, 0.25) is 0 Å². The first kappa shape index (κ1) is 19.0. The van der Waals surface area contributed by atoms with Crippen molar-refractivity contribution in [2.75, 3.05) is 26.2 Å². The number of benzene rings is 2. The number of rotatable bonds is 8. The number of piperidine rings is 1. The van der Waals surface area contributed by atoms with Gasteiger partial charge in [-0.05, 0) is 61.5 Å². The smallest absolute Gasteiger partial charge is 0.119 e. The molecule has 2 aromatic carbocycles. The molecule has 0 aromatic heterocycles. The fraction of sp³-hybridized carbons (Fsp3) is 0.458. The minimum absolute atomic E-state index is 0.529. The first-order valence-corrected chi connectivity index (χ1v) is 10.1. The number of ether oxygens (including phenoxy) is 1.